The van der Waals surface area contributed by atoms with Crippen LogP contribution in [0.4, 0.5) is 5.82 Å². The van der Waals surface area contributed by atoms with Crippen molar-refractivity contribution in [3.05, 3.63) is 26.1 Å². The molecule has 0 aliphatic heterocycles. The van der Waals surface area contributed by atoms with Crippen LogP contribution in [0.1, 0.15) is 12.6 Å². The summed E-state index contributed by atoms with van der Waals surface area (Å²) in [7, 11) is 1.85. The van der Waals surface area contributed by atoms with Crippen molar-refractivity contribution in [2.75, 3.05) is 12.4 Å². The van der Waals surface area contributed by atoms with Gasteiger partial charge in [0.2, 0.25) is 0 Å². The van der Waals surface area contributed by atoms with Gasteiger partial charge in [-0.2, -0.15) is 0 Å². The van der Waals surface area contributed by atoms with Crippen molar-refractivity contribution in [2.45, 2.75) is 13.3 Å². The zero-order valence-electron chi connectivity index (χ0n) is 9.42. The van der Waals surface area contributed by atoms with Gasteiger partial charge in [0.15, 0.2) is 11.6 Å². The van der Waals surface area contributed by atoms with Crippen molar-refractivity contribution in [1.82, 2.24) is 9.97 Å². The highest BCUT2D eigenvalue weighted by Crippen LogP contribution is 2.29. The highest BCUT2D eigenvalue weighted by atomic mass is 127. The summed E-state index contributed by atoms with van der Waals surface area (Å²) in [6, 6.07) is 1.83. The molecule has 2 aromatic rings. The number of furan rings is 1. The molecule has 4 nitrogen and oxygen atoms in total. The molecule has 0 aliphatic rings. The molecule has 0 spiro atoms. The van der Waals surface area contributed by atoms with Gasteiger partial charge < -0.3 is 9.73 Å². The molecule has 0 atom stereocenters. The van der Waals surface area contributed by atoms with Crippen LogP contribution in [0.3, 0.4) is 0 Å². The second-order valence-corrected chi connectivity index (χ2v) is 5.29. The largest absolute Gasteiger partial charge is 0.460 e. The van der Waals surface area contributed by atoms with E-state index in [4.69, 9.17) is 4.42 Å². The first-order valence-electron chi connectivity index (χ1n) is 5.14. The van der Waals surface area contributed by atoms with Crippen LogP contribution < -0.4 is 5.32 Å². The molecule has 0 fully saturated rings. The molecule has 6 heteroatoms. The van der Waals surface area contributed by atoms with Crippen LogP contribution in [0.5, 0.6) is 0 Å². The Balaban J connectivity index is 2.60. The van der Waals surface area contributed by atoms with E-state index in [2.05, 4.69) is 60.7 Å². The zero-order chi connectivity index (χ0) is 12.4. The molecule has 0 bridgehead atoms. The van der Waals surface area contributed by atoms with Gasteiger partial charge in [0.25, 0.3) is 0 Å². The lowest BCUT2D eigenvalue weighted by Gasteiger charge is -2.08. The van der Waals surface area contributed by atoms with Gasteiger partial charge in [-0.1, -0.05) is 6.92 Å². The first kappa shape index (κ1) is 12.8. The molecule has 0 aliphatic carbocycles. The third kappa shape index (κ3) is 2.47. The lowest BCUT2D eigenvalue weighted by molar-refractivity contribution is 0.575. The molecule has 0 amide bonds. The number of aromatic nitrogens is 2. The molecule has 0 unspecified atom stereocenters. The second kappa shape index (κ2) is 5.34. The van der Waals surface area contributed by atoms with Crippen LogP contribution >= 0.6 is 38.5 Å². The Kier molecular flexibility index (Phi) is 4.03. The Morgan fingerprint density at radius 3 is 2.76 bits per heavy atom. The van der Waals surface area contributed by atoms with Gasteiger partial charge in [0.05, 0.1) is 20.0 Å². The van der Waals surface area contributed by atoms with Crippen LogP contribution in [0.15, 0.2) is 21.2 Å². The van der Waals surface area contributed by atoms with Gasteiger partial charge in [0, 0.05) is 7.05 Å². The highest BCUT2D eigenvalue weighted by Gasteiger charge is 2.15. The Labute approximate surface area is 121 Å². The van der Waals surface area contributed by atoms with Gasteiger partial charge in [0.1, 0.15) is 5.82 Å². The van der Waals surface area contributed by atoms with E-state index in [1.54, 1.807) is 6.26 Å². The topological polar surface area (TPSA) is 51.0 Å². The van der Waals surface area contributed by atoms with Crippen molar-refractivity contribution in [3.8, 4) is 11.6 Å². The third-order valence-electron chi connectivity index (χ3n) is 2.31. The first-order chi connectivity index (χ1) is 8.17. The standard InChI is InChI=1S/C11H11BrIN3O/c1-3-7-8(13)10(14-2)16-11(15-7)9-6(12)4-5-17-9/h4-5H,3H2,1-2H3,(H,14,15,16). The van der Waals surface area contributed by atoms with E-state index in [0.717, 1.165) is 26.0 Å². The number of aryl methyl sites for hydroxylation is 1. The van der Waals surface area contributed by atoms with Crippen LogP contribution in [-0.4, -0.2) is 17.0 Å². The number of halogens is 2. The molecule has 2 aromatic heterocycles. The summed E-state index contributed by atoms with van der Waals surface area (Å²) in [6.45, 7) is 2.07. The minimum Gasteiger partial charge on any atom is -0.460 e. The summed E-state index contributed by atoms with van der Waals surface area (Å²) in [5.41, 5.74) is 1.02. The summed E-state index contributed by atoms with van der Waals surface area (Å²) >= 11 is 5.67. The van der Waals surface area contributed by atoms with Gasteiger partial charge in [-0.15, -0.1) is 0 Å². The number of rotatable bonds is 3. The first-order valence-corrected chi connectivity index (χ1v) is 7.02. The van der Waals surface area contributed by atoms with Crippen LogP contribution in [0, 0.1) is 3.57 Å². The van der Waals surface area contributed by atoms with Gasteiger partial charge in [-0.3, -0.25) is 0 Å². The molecule has 0 radical (unpaired) electrons. The number of nitrogens with zero attached hydrogens (tertiary/aromatic N) is 2. The van der Waals surface area contributed by atoms with Gasteiger partial charge in [-0.25, -0.2) is 9.97 Å². The maximum absolute atomic E-state index is 5.39. The molecule has 0 aromatic carbocycles. The zero-order valence-corrected chi connectivity index (χ0v) is 13.2. The minimum absolute atomic E-state index is 0.600. The van der Waals surface area contributed by atoms with E-state index in [1.807, 2.05) is 13.1 Å². The minimum atomic E-state index is 0.600. The second-order valence-electron chi connectivity index (χ2n) is 3.36. The highest BCUT2D eigenvalue weighted by molar-refractivity contribution is 14.1. The number of hydrogen-bond donors (Lipinski definition) is 1. The molecule has 0 saturated carbocycles. The van der Waals surface area contributed by atoms with E-state index in [-0.39, 0.29) is 0 Å². The van der Waals surface area contributed by atoms with Crippen molar-refractivity contribution in [2.24, 2.45) is 0 Å². The van der Waals surface area contributed by atoms with E-state index >= 15 is 0 Å². The third-order valence-corrected chi connectivity index (χ3v) is 4.07. The number of nitrogens with one attached hydrogen (secondary N) is 1. The van der Waals surface area contributed by atoms with Crippen LogP contribution in [0.25, 0.3) is 11.6 Å². The molecule has 2 rings (SSSR count). The molecule has 2 heterocycles. The molecule has 0 saturated heterocycles. The predicted octanol–water partition coefficient (Wildman–Crippen LogP) is 3.71. The number of anilines is 1. The van der Waals surface area contributed by atoms with Gasteiger partial charge in [-0.05, 0) is 51.0 Å². The van der Waals surface area contributed by atoms with Crippen molar-refractivity contribution in [1.29, 1.82) is 0 Å². The summed E-state index contributed by atoms with van der Waals surface area (Å²) in [5.74, 6) is 2.09. The average Bonchev–Trinajstić information content (AvgIpc) is 2.76. The fraction of sp³-hybridized carbons (Fsp3) is 0.273. The van der Waals surface area contributed by atoms with Crippen molar-refractivity contribution >= 4 is 44.3 Å². The fourth-order valence-electron chi connectivity index (χ4n) is 1.45. The lowest BCUT2D eigenvalue weighted by atomic mass is 10.3. The van der Waals surface area contributed by atoms with E-state index < -0.39 is 0 Å². The summed E-state index contributed by atoms with van der Waals surface area (Å²) in [4.78, 5) is 8.97. The lowest BCUT2D eigenvalue weighted by Crippen LogP contribution is -2.04. The fourth-order valence-corrected chi connectivity index (χ4v) is 2.72. The van der Waals surface area contributed by atoms with E-state index in [0.29, 0.717) is 11.6 Å². The smallest absolute Gasteiger partial charge is 0.199 e. The maximum atomic E-state index is 5.39. The molecule has 90 valence electrons. The molecule has 17 heavy (non-hydrogen) atoms. The number of hydrogen-bond acceptors (Lipinski definition) is 4. The Bertz CT molecular complexity index is 516. The van der Waals surface area contributed by atoms with Crippen LogP contribution in [-0.2, 0) is 6.42 Å². The molecule has 1 N–H and O–H groups in total. The van der Waals surface area contributed by atoms with E-state index in [1.165, 1.54) is 0 Å². The SMILES string of the molecule is CCc1nc(-c2occc2Br)nc(NC)c1I. The molecular formula is C11H11BrIN3O. The summed E-state index contributed by atoms with van der Waals surface area (Å²) < 4.78 is 7.31. The summed E-state index contributed by atoms with van der Waals surface area (Å²) in [5, 5.41) is 3.08. The van der Waals surface area contributed by atoms with E-state index in [9.17, 15) is 0 Å². The Hall–Kier alpha value is -0.630. The normalized spacial score (nSPS) is 10.6. The average molecular weight is 408 g/mol. The Morgan fingerprint density at radius 2 is 2.24 bits per heavy atom. The quantitative estimate of drug-likeness (QED) is 0.788. The maximum Gasteiger partial charge on any atom is 0.199 e. The van der Waals surface area contributed by atoms with Crippen molar-refractivity contribution in [3.63, 3.8) is 0 Å². The predicted molar refractivity (Wildman–Crippen MR) is 79.1 cm³/mol. The van der Waals surface area contributed by atoms with Gasteiger partial charge >= 0.3 is 0 Å². The molecular weight excluding hydrogens is 397 g/mol. The monoisotopic (exact) mass is 407 g/mol. The summed E-state index contributed by atoms with van der Waals surface area (Å²) in [6.07, 6.45) is 2.48. The Morgan fingerprint density at radius 1 is 1.47 bits per heavy atom. The van der Waals surface area contributed by atoms with Crippen molar-refractivity contribution < 1.29 is 4.42 Å². The van der Waals surface area contributed by atoms with Crippen LogP contribution in [0.2, 0.25) is 0 Å².